The number of nitriles is 1. The number of anilines is 1. The van der Waals surface area contributed by atoms with Crippen molar-refractivity contribution in [1.82, 2.24) is 25.0 Å². The number of fused-ring (bicyclic) bond motifs is 3. The van der Waals surface area contributed by atoms with Gasteiger partial charge in [-0.15, -0.1) is 0 Å². The molecular formula is C70H81F2N8O17S4+. The van der Waals surface area contributed by atoms with Crippen molar-refractivity contribution < 1.29 is 89.1 Å². The number of allylic oxidation sites excluding steroid dienone is 7. The van der Waals surface area contributed by atoms with E-state index in [4.69, 9.17) is 9.47 Å². The van der Waals surface area contributed by atoms with Gasteiger partial charge in [0.15, 0.2) is 5.71 Å². The molecule has 540 valence electrons. The van der Waals surface area contributed by atoms with Gasteiger partial charge >= 0.3 is 0 Å². The minimum atomic E-state index is -4.61. The Labute approximate surface area is 586 Å². The first-order valence-electron chi connectivity index (χ1n) is 33.1. The topological polar surface area (TPSA) is 352 Å². The highest BCUT2D eigenvalue weighted by molar-refractivity contribution is 7.86. The summed E-state index contributed by atoms with van der Waals surface area (Å²) in [6.45, 7) is 10.4. The van der Waals surface area contributed by atoms with E-state index in [1.807, 2.05) is 61.8 Å². The zero-order valence-corrected chi connectivity index (χ0v) is 59.5. The van der Waals surface area contributed by atoms with Gasteiger partial charge in [-0.25, -0.2) is 8.78 Å². The molecule has 1 atom stereocenters. The molecule has 31 heteroatoms. The molecule has 5 aromatic rings. The summed E-state index contributed by atoms with van der Waals surface area (Å²) in [6, 6.07) is 21.0. The quantitative estimate of drug-likeness (QED) is 0.0186. The lowest BCUT2D eigenvalue weighted by atomic mass is 9.81. The summed E-state index contributed by atoms with van der Waals surface area (Å²) in [5, 5.41) is 12.2. The van der Waals surface area contributed by atoms with Gasteiger partial charge < -0.3 is 29.5 Å². The molecule has 0 saturated carbocycles. The second-order valence-corrected chi connectivity index (χ2v) is 32.6. The Morgan fingerprint density at radius 1 is 0.723 bits per heavy atom. The second-order valence-electron chi connectivity index (χ2n) is 26.8. The van der Waals surface area contributed by atoms with Gasteiger partial charge in [0.05, 0.1) is 62.7 Å². The van der Waals surface area contributed by atoms with Crippen LogP contribution in [0.1, 0.15) is 120 Å². The normalized spacial score (nSPS) is 19.3. The van der Waals surface area contributed by atoms with Crippen LogP contribution < -0.4 is 19.7 Å². The van der Waals surface area contributed by atoms with Crippen LogP contribution in [0.25, 0.3) is 10.9 Å². The minimum absolute atomic E-state index is 0.0399. The van der Waals surface area contributed by atoms with E-state index in [2.05, 4.69) is 19.8 Å². The van der Waals surface area contributed by atoms with E-state index >= 15 is 0 Å². The molecule has 2 fully saturated rings. The van der Waals surface area contributed by atoms with Gasteiger partial charge in [0.2, 0.25) is 17.5 Å². The SMILES string of the molecule is CC1(C)C(/C=C/C2=C(Oc3ccc(S(=O)(=O)O)cc3)C(=C/C=C3\N(CCCCS(=O)(=O)O)c4ccc(S(=O)(=O)O)cc4C3(C)C)/CCC2)=[N+](CCCCCC(=O)N2CCN(CCCOc3ccc4nccc(C(=O)NCC(=O)N5CC(F)(F)C[C@H]5C#N)c4c3)CC2)c2ccc(S(=O)(=O)O)cc21. The van der Waals surface area contributed by atoms with E-state index in [0.717, 1.165) is 21.9 Å². The van der Waals surface area contributed by atoms with Crippen LogP contribution in [0.2, 0.25) is 0 Å². The molecule has 5 heterocycles. The number of ether oxygens (including phenoxy) is 2. The van der Waals surface area contributed by atoms with E-state index < -0.39 is 100 Å². The molecule has 4 aliphatic heterocycles. The number of hydrogen-bond donors (Lipinski definition) is 5. The van der Waals surface area contributed by atoms with Crippen molar-refractivity contribution in [3.05, 3.63) is 155 Å². The molecule has 0 unspecified atom stereocenters. The number of carbonyl (C=O) groups is 3. The first kappa shape index (κ1) is 75.3. The Kier molecular flexibility index (Phi) is 22.6. The molecule has 5 aliphatic rings. The first-order valence-corrected chi connectivity index (χ1v) is 39.0. The van der Waals surface area contributed by atoms with Crippen LogP contribution in [-0.2, 0) is 60.9 Å². The summed E-state index contributed by atoms with van der Waals surface area (Å²) in [5.74, 6) is -3.91. The number of pyridine rings is 1. The van der Waals surface area contributed by atoms with E-state index in [-0.39, 0.29) is 44.9 Å². The van der Waals surface area contributed by atoms with E-state index in [1.165, 1.54) is 60.8 Å². The molecule has 3 amide bonds. The maximum Gasteiger partial charge on any atom is 0.294 e. The maximum atomic E-state index is 14.0. The molecule has 1 aromatic heterocycles. The van der Waals surface area contributed by atoms with Crippen LogP contribution in [0.15, 0.2) is 153 Å². The van der Waals surface area contributed by atoms with Gasteiger partial charge in [0.1, 0.15) is 29.8 Å². The number of carbonyl (C=O) groups excluding carboxylic acids is 3. The molecule has 4 aromatic carbocycles. The lowest BCUT2D eigenvalue weighted by Crippen LogP contribution is -2.48. The fraction of sp³-hybridized carbons (Fsp3) is 0.429. The molecule has 0 radical (unpaired) electrons. The predicted octanol–water partition coefficient (Wildman–Crippen LogP) is 9.36. The number of nitrogens with one attached hydrogen (secondary N) is 1. The summed E-state index contributed by atoms with van der Waals surface area (Å²) in [7, 11) is -18.0. The summed E-state index contributed by atoms with van der Waals surface area (Å²) in [4.78, 5) is 49.9. The molecular weight excluding hydrogens is 1390 g/mol. The van der Waals surface area contributed by atoms with E-state index in [1.54, 1.807) is 36.4 Å². The summed E-state index contributed by atoms with van der Waals surface area (Å²) < 4.78 is 180. The molecule has 25 nitrogen and oxygen atoms in total. The van der Waals surface area contributed by atoms with Crippen molar-refractivity contribution in [2.75, 3.05) is 76.2 Å². The average Bonchev–Trinajstić information content (AvgIpc) is 1.59. The Bertz CT molecular complexity index is 4750. The van der Waals surface area contributed by atoms with Crippen molar-refractivity contribution in [1.29, 1.82) is 5.26 Å². The molecule has 2 saturated heterocycles. The Hall–Kier alpha value is -8.32. The van der Waals surface area contributed by atoms with Crippen molar-refractivity contribution in [3.63, 3.8) is 0 Å². The van der Waals surface area contributed by atoms with Crippen molar-refractivity contribution in [2.45, 2.75) is 136 Å². The Balaban J connectivity index is 0.802. The fourth-order valence-corrected chi connectivity index (χ4v) is 15.8. The smallest absolute Gasteiger partial charge is 0.294 e. The number of halogens is 2. The third-order valence-corrected chi connectivity index (χ3v) is 22.4. The van der Waals surface area contributed by atoms with Crippen LogP contribution in [0.3, 0.4) is 0 Å². The summed E-state index contributed by atoms with van der Waals surface area (Å²) >= 11 is 0. The average molecular weight is 1470 g/mol. The standard InChI is InChI=1S/C70H80F2N8O17S4/c1-68(2)57-41-53(100(90,91)92)22-25-60(57)78(32-7-5-6-14-64(81)77-36-34-76(35-37-77)31-11-38-96-51-19-24-59-56(40-51)55(29-30-74-59)67(83)75-45-65(82)80-46-70(71,72)43-49(80)44-73)62(68)27-15-47-12-10-13-48(66(47)97-50-17-20-52(21-18-50)99(87,88)89)16-28-63-69(3,4)58-42-54(101(93,94)95)23-26-61(58)79(63)33-8-9-39-98(84,85)86/h15-30,40-42,49H,5-14,31-39,43,45-46H2,1-4H3,(H4-,75,83,84,85,86,87,88,89,90,91,92,93,94,95)/p+1/t49-/m0/s1. The zero-order chi connectivity index (χ0) is 73.0. The number of benzene rings is 4. The third-order valence-electron chi connectivity index (χ3n) is 19.0. The van der Waals surface area contributed by atoms with Gasteiger partial charge in [-0.2, -0.15) is 43.5 Å². The minimum Gasteiger partial charge on any atom is -0.494 e. The molecule has 1 aliphatic carbocycles. The molecule has 5 N–H and O–H groups in total. The van der Waals surface area contributed by atoms with Crippen molar-refractivity contribution in [3.8, 4) is 17.6 Å². The fourth-order valence-electron chi connectivity index (χ4n) is 13.7. The summed E-state index contributed by atoms with van der Waals surface area (Å²) in [6.07, 6.45) is 13.2. The zero-order valence-electron chi connectivity index (χ0n) is 56.2. The largest absolute Gasteiger partial charge is 0.494 e. The highest BCUT2D eigenvalue weighted by Crippen LogP contribution is 2.49. The number of alkyl halides is 2. The van der Waals surface area contributed by atoms with E-state index in [9.17, 15) is 80.3 Å². The van der Waals surface area contributed by atoms with Crippen LogP contribution >= 0.6 is 0 Å². The van der Waals surface area contributed by atoms with Gasteiger partial charge in [-0.1, -0.05) is 19.9 Å². The van der Waals surface area contributed by atoms with Crippen LogP contribution in [0.4, 0.5) is 20.2 Å². The maximum absolute atomic E-state index is 14.0. The first-order chi connectivity index (χ1) is 47.5. The number of unbranched alkanes of at least 4 members (excludes halogenated alkanes) is 3. The number of rotatable bonds is 27. The number of piperazine rings is 1. The van der Waals surface area contributed by atoms with Crippen LogP contribution in [0, 0.1) is 11.3 Å². The van der Waals surface area contributed by atoms with Gasteiger partial charge in [-0.3, -0.25) is 42.5 Å². The number of likely N-dealkylation sites (tertiary alicyclic amines) is 1. The van der Waals surface area contributed by atoms with Crippen molar-refractivity contribution >= 4 is 86.2 Å². The number of aromatic nitrogens is 1. The van der Waals surface area contributed by atoms with Crippen LogP contribution in [-0.4, -0.2) is 183 Å². The highest BCUT2D eigenvalue weighted by Gasteiger charge is 2.48. The number of nitrogens with zero attached hydrogens (tertiary/aromatic N) is 7. The molecule has 10 rings (SSSR count). The molecule has 0 bridgehead atoms. The Morgan fingerprint density at radius 2 is 1.40 bits per heavy atom. The van der Waals surface area contributed by atoms with Gasteiger partial charge in [-0.05, 0) is 173 Å². The lowest BCUT2D eigenvalue weighted by Gasteiger charge is -2.34. The van der Waals surface area contributed by atoms with Crippen LogP contribution in [0.5, 0.6) is 11.5 Å². The number of amides is 3. The van der Waals surface area contributed by atoms with E-state index in [0.29, 0.717) is 154 Å². The lowest BCUT2D eigenvalue weighted by molar-refractivity contribution is -0.438. The van der Waals surface area contributed by atoms with Crippen molar-refractivity contribution in [2.24, 2.45) is 0 Å². The molecule has 101 heavy (non-hydrogen) atoms. The van der Waals surface area contributed by atoms with Gasteiger partial charge in [0, 0.05) is 105 Å². The molecule has 0 spiro atoms. The summed E-state index contributed by atoms with van der Waals surface area (Å²) in [5.41, 5.74) is 4.44. The predicted molar refractivity (Wildman–Crippen MR) is 371 cm³/mol. The Morgan fingerprint density at radius 3 is 2.08 bits per heavy atom. The monoisotopic (exact) mass is 1470 g/mol. The second kappa shape index (κ2) is 30.3. The number of hydrogen-bond acceptors (Lipinski definition) is 17. The van der Waals surface area contributed by atoms with Gasteiger partial charge in [0.25, 0.3) is 52.3 Å². The highest BCUT2D eigenvalue weighted by atomic mass is 32.2. The third kappa shape index (κ3) is 17.9.